The summed E-state index contributed by atoms with van der Waals surface area (Å²) < 4.78 is 0.973. The number of aliphatic hydroxyl groups excluding tert-OH is 2. The van der Waals surface area contributed by atoms with Crippen LogP contribution in [-0.2, 0) is 0 Å². The van der Waals surface area contributed by atoms with Crippen molar-refractivity contribution in [3.8, 4) is 0 Å². The summed E-state index contributed by atoms with van der Waals surface area (Å²) in [4.78, 5) is 14.8. The molecule has 0 radical (unpaired) electrons. The van der Waals surface area contributed by atoms with Crippen LogP contribution in [0.1, 0.15) is 0 Å². The largest absolute Gasteiger partial charge is 0.394 e. The topological polar surface area (TPSA) is 94.4 Å². The van der Waals surface area contributed by atoms with Crippen LogP contribution in [0.3, 0.4) is 0 Å². The summed E-state index contributed by atoms with van der Waals surface area (Å²) in [6.45, 7) is -0.00989. The van der Waals surface area contributed by atoms with Crippen LogP contribution >= 0.6 is 15.9 Å². The van der Waals surface area contributed by atoms with Gasteiger partial charge in [-0.25, -0.2) is 15.0 Å². The van der Waals surface area contributed by atoms with Crippen molar-refractivity contribution in [3.05, 3.63) is 47.3 Å². The molecule has 1 atom stereocenters. The quantitative estimate of drug-likeness (QED) is 0.581. The lowest BCUT2D eigenvalue weighted by molar-refractivity contribution is 0.101. The molecule has 0 aliphatic heterocycles. The molecule has 0 aliphatic rings. The highest BCUT2D eigenvalue weighted by molar-refractivity contribution is 9.10. The van der Waals surface area contributed by atoms with Crippen molar-refractivity contribution >= 4 is 44.2 Å². The monoisotopic (exact) mass is 403 g/mol. The normalized spacial score (nSPS) is 12.2. The van der Waals surface area contributed by atoms with Crippen LogP contribution in [0.4, 0.5) is 17.3 Å². The molecule has 2 heterocycles. The van der Waals surface area contributed by atoms with E-state index < -0.39 is 6.10 Å². The Labute approximate surface area is 153 Å². The van der Waals surface area contributed by atoms with Gasteiger partial charge in [0.05, 0.1) is 23.6 Å². The fraction of sp³-hybridized carbons (Fsp3) is 0.235. The van der Waals surface area contributed by atoms with E-state index in [9.17, 15) is 5.11 Å². The Kier molecular flexibility index (Phi) is 5.42. The predicted molar refractivity (Wildman–Crippen MR) is 101 cm³/mol. The highest BCUT2D eigenvalue weighted by Gasteiger charge is 2.11. The maximum atomic E-state index is 9.57. The van der Waals surface area contributed by atoms with Gasteiger partial charge in [0.2, 0.25) is 0 Å². The van der Waals surface area contributed by atoms with E-state index in [1.54, 1.807) is 18.1 Å². The van der Waals surface area contributed by atoms with Crippen molar-refractivity contribution in [1.29, 1.82) is 0 Å². The first-order valence-electron chi connectivity index (χ1n) is 7.70. The van der Waals surface area contributed by atoms with Gasteiger partial charge < -0.3 is 20.4 Å². The van der Waals surface area contributed by atoms with Crippen molar-refractivity contribution in [2.45, 2.75) is 6.10 Å². The molecule has 0 aliphatic carbocycles. The van der Waals surface area contributed by atoms with Crippen molar-refractivity contribution in [2.75, 3.05) is 30.4 Å². The second kappa shape index (κ2) is 7.73. The summed E-state index contributed by atoms with van der Waals surface area (Å²) in [5.74, 6) is 1.33. The van der Waals surface area contributed by atoms with Crippen molar-refractivity contribution in [3.63, 3.8) is 0 Å². The zero-order chi connectivity index (χ0) is 17.8. The maximum absolute atomic E-state index is 9.57. The first kappa shape index (κ1) is 17.5. The molecule has 0 saturated carbocycles. The second-order valence-electron chi connectivity index (χ2n) is 5.63. The van der Waals surface area contributed by atoms with Crippen LogP contribution in [-0.4, -0.2) is 51.5 Å². The van der Waals surface area contributed by atoms with Crippen LogP contribution in [0.25, 0.3) is 10.9 Å². The number of fused-ring (bicyclic) bond motifs is 1. The number of hydrogen-bond donors (Lipinski definition) is 3. The Hall–Kier alpha value is -2.29. The average molecular weight is 404 g/mol. The predicted octanol–water partition coefficient (Wildman–Crippen LogP) is 2.32. The standard InChI is InChI=1S/C17H18BrN5O2/c1-23(8-13(25)9-24)16-6-15-14(7-19-16)17(21-10-20-15)22-12-4-2-3-11(18)5-12/h2-7,10,13,24-25H,8-9H2,1H3,(H,20,21,22). The zero-order valence-corrected chi connectivity index (χ0v) is 15.2. The van der Waals surface area contributed by atoms with Crippen molar-refractivity contribution in [1.82, 2.24) is 15.0 Å². The van der Waals surface area contributed by atoms with Gasteiger partial charge in [-0.05, 0) is 18.2 Å². The molecule has 1 aromatic carbocycles. The Morgan fingerprint density at radius 1 is 1.24 bits per heavy atom. The van der Waals surface area contributed by atoms with Gasteiger partial charge in [0.1, 0.15) is 18.0 Å². The lowest BCUT2D eigenvalue weighted by atomic mass is 10.2. The number of likely N-dealkylation sites (N-methyl/N-ethyl adjacent to an activating group) is 1. The minimum atomic E-state index is -0.818. The molecule has 1 unspecified atom stereocenters. The lowest BCUT2D eigenvalue weighted by Crippen LogP contribution is -2.31. The van der Waals surface area contributed by atoms with Gasteiger partial charge in [0.15, 0.2) is 0 Å². The third-order valence-electron chi connectivity index (χ3n) is 3.68. The van der Waals surface area contributed by atoms with Crippen LogP contribution in [0.15, 0.2) is 47.3 Å². The van der Waals surface area contributed by atoms with E-state index in [-0.39, 0.29) is 13.2 Å². The van der Waals surface area contributed by atoms with E-state index in [1.807, 2.05) is 30.3 Å². The number of nitrogens with zero attached hydrogens (tertiary/aromatic N) is 4. The van der Waals surface area contributed by atoms with E-state index >= 15 is 0 Å². The summed E-state index contributed by atoms with van der Waals surface area (Å²) in [6, 6.07) is 9.62. The van der Waals surface area contributed by atoms with E-state index in [2.05, 4.69) is 36.2 Å². The minimum Gasteiger partial charge on any atom is -0.394 e. The van der Waals surface area contributed by atoms with E-state index in [4.69, 9.17) is 5.11 Å². The third-order valence-corrected chi connectivity index (χ3v) is 4.17. The average Bonchev–Trinajstić information content (AvgIpc) is 2.61. The maximum Gasteiger partial charge on any atom is 0.143 e. The SMILES string of the molecule is CN(CC(O)CO)c1cc2ncnc(Nc3cccc(Br)c3)c2cn1. The van der Waals surface area contributed by atoms with Gasteiger partial charge in [-0.15, -0.1) is 0 Å². The molecule has 3 rings (SSSR count). The number of aromatic nitrogens is 3. The number of nitrogens with one attached hydrogen (secondary N) is 1. The number of rotatable bonds is 6. The number of hydrogen-bond acceptors (Lipinski definition) is 7. The smallest absolute Gasteiger partial charge is 0.143 e. The molecule has 0 fully saturated rings. The molecule has 0 spiro atoms. The van der Waals surface area contributed by atoms with Gasteiger partial charge >= 0.3 is 0 Å². The van der Waals surface area contributed by atoms with Gasteiger partial charge in [-0.3, -0.25) is 0 Å². The molecular weight excluding hydrogens is 386 g/mol. The fourth-order valence-electron chi connectivity index (χ4n) is 2.42. The Morgan fingerprint density at radius 2 is 2.08 bits per heavy atom. The van der Waals surface area contributed by atoms with Crippen LogP contribution in [0.2, 0.25) is 0 Å². The number of pyridine rings is 1. The van der Waals surface area contributed by atoms with E-state index in [1.165, 1.54) is 6.33 Å². The molecule has 130 valence electrons. The summed E-state index contributed by atoms with van der Waals surface area (Å²) in [5.41, 5.74) is 1.64. The highest BCUT2D eigenvalue weighted by atomic mass is 79.9. The Balaban J connectivity index is 1.89. The molecule has 3 N–H and O–H groups in total. The molecule has 7 nitrogen and oxygen atoms in total. The minimum absolute atomic E-state index is 0.281. The van der Waals surface area contributed by atoms with Gasteiger partial charge in [0.25, 0.3) is 0 Å². The summed E-state index contributed by atoms with van der Waals surface area (Å²) in [6.07, 6.45) is 2.38. The molecular formula is C17H18BrN5O2. The van der Waals surface area contributed by atoms with Gasteiger partial charge in [-0.1, -0.05) is 22.0 Å². The number of halogens is 1. The van der Waals surface area contributed by atoms with E-state index in [0.29, 0.717) is 11.6 Å². The molecule has 8 heteroatoms. The van der Waals surface area contributed by atoms with E-state index in [0.717, 1.165) is 21.1 Å². The number of benzene rings is 1. The fourth-order valence-corrected chi connectivity index (χ4v) is 2.82. The molecule has 0 saturated heterocycles. The lowest BCUT2D eigenvalue weighted by Gasteiger charge is -2.21. The molecule has 0 bridgehead atoms. The summed E-state index contributed by atoms with van der Waals surface area (Å²) in [5, 5.41) is 22.6. The summed E-state index contributed by atoms with van der Waals surface area (Å²) >= 11 is 3.45. The molecule has 3 aromatic rings. The zero-order valence-electron chi connectivity index (χ0n) is 13.6. The van der Waals surface area contributed by atoms with Gasteiger partial charge in [-0.2, -0.15) is 0 Å². The Morgan fingerprint density at radius 3 is 2.84 bits per heavy atom. The third kappa shape index (κ3) is 4.22. The number of anilines is 3. The van der Waals surface area contributed by atoms with Crippen molar-refractivity contribution < 1.29 is 10.2 Å². The Bertz CT molecular complexity index is 877. The molecule has 2 aromatic heterocycles. The van der Waals surface area contributed by atoms with Gasteiger partial charge in [0, 0.05) is 36.0 Å². The second-order valence-corrected chi connectivity index (χ2v) is 6.55. The van der Waals surface area contributed by atoms with Crippen LogP contribution in [0.5, 0.6) is 0 Å². The first-order chi connectivity index (χ1) is 12.1. The van der Waals surface area contributed by atoms with Crippen molar-refractivity contribution in [2.24, 2.45) is 0 Å². The molecule has 0 amide bonds. The summed E-state index contributed by atoms with van der Waals surface area (Å²) in [7, 11) is 1.80. The highest BCUT2D eigenvalue weighted by Crippen LogP contribution is 2.26. The van der Waals surface area contributed by atoms with Crippen LogP contribution in [0, 0.1) is 0 Å². The van der Waals surface area contributed by atoms with Crippen LogP contribution < -0.4 is 10.2 Å². The molecule has 25 heavy (non-hydrogen) atoms. The first-order valence-corrected chi connectivity index (χ1v) is 8.49. The number of aliphatic hydroxyl groups is 2.